The third kappa shape index (κ3) is 2.02. The molecule has 0 fully saturated rings. The molecule has 0 aliphatic heterocycles. The first kappa shape index (κ1) is 12.9. The first-order valence-electron chi connectivity index (χ1n) is 5.58. The summed E-state index contributed by atoms with van der Waals surface area (Å²) in [5.41, 5.74) is 3.40. The lowest BCUT2D eigenvalue weighted by atomic mass is 10.3. The van der Waals surface area contributed by atoms with Gasteiger partial charge in [0.25, 0.3) is 3.79 Å². The predicted molar refractivity (Wildman–Crippen MR) is 77.7 cm³/mol. The van der Waals surface area contributed by atoms with Crippen LogP contribution in [0.1, 0.15) is 16.1 Å². The number of nitrogens with zero attached hydrogens (tertiary/aromatic N) is 2. The van der Waals surface area contributed by atoms with Gasteiger partial charge in [0, 0.05) is 18.6 Å². The lowest BCUT2D eigenvalue weighted by molar-refractivity contribution is 0.0991. The minimum Gasteiger partial charge on any atom is -0.320 e. The summed E-state index contributed by atoms with van der Waals surface area (Å²) >= 11 is 17.0. The van der Waals surface area contributed by atoms with E-state index in [1.807, 2.05) is 35.9 Å². The second-order valence-corrected chi connectivity index (χ2v) is 6.69. The molecule has 0 radical (unpaired) electrons. The number of aryl methyl sites for hydroxylation is 1. The van der Waals surface area contributed by atoms with E-state index in [1.165, 1.54) is 0 Å². The minimum atomic E-state index is -1.95. The number of Topliss-reactive ketones (excluding diaryl/α,β-unsaturated/α-hetero) is 1. The largest absolute Gasteiger partial charge is 0.320 e. The van der Waals surface area contributed by atoms with Crippen LogP contribution in [0.4, 0.5) is 0 Å². The van der Waals surface area contributed by atoms with Gasteiger partial charge in [-0.05, 0) is 30.7 Å². The Bertz CT molecular complexity index is 795. The average Bonchev–Trinajstić information content (AvgIpc) is 2.87. The molecular formula is C13H9Cl3N2O. The molecule has 98 valence electrons. The monoisotopic (exact) mass is 314 g/mol. The van der Waals surface area contributed by atoms with E-state index < -0.39 is 9.58 Å². The van der Waals surface area contributed by atoms with Crippen molar-refractivity contribution >= 4 is 51.6 Å². The molecule has 0 aliphatic rings. The number of hydrogen-bond acceptors (Lipinski definition) is 1. The van der Waals surface area contributed by atoms with Gasteiger partial charge >= 0.3 is 0 Å². The van der Waals surface area contributed by atoms with Crippen molar-refractivity contribution in [3.05, 3.63) is 48.0 Å². The number of hydrogen-bond donors (Lipinski definition) is 0. The van der Waals surface area contributed by atoms with E-state index in [2.05, 4.69) is 0 Å². The Morgan fingerprint density at radius 2 is 1.89 bits per heavy atom. The van der Waals surface area contributed by atoms with E-state index in [1.54, 1.807) is 16.7 Å². The van der Waals surface area contributed by atoms with Crippen LogP contribution in [-0.2, 0) is 0 Å². The van der Waals surface area contributed by atoms with Gasteiger partial charge in [0.2, 0.25) is 5.78 Å². The highest BCUT2D eigenvalue weighted by Gasteiger charge is 2.33. The number of ketones is 1. The molecule has 0 amide bonds. The van der Waals surface area contributed by atoms with Gasteiger partial charge in [-0.2, -0.15) is 0 Å². The Labute approximate surface area is 124 Å². The van der Waals surface area contributed by atoms with Gasteiger partial charge in [0.1, 0.15) is 0 Å². The number of rotatable bonds is 1. The number of carbonyl (C=O) groups is 1. The maximum Gasteiger partial charge on any atom is 0.255 e. The summed E-state index contributed by atoms with van der Waals surface area (Å²) in [4.78, 5) is 12.1. The fraction of sp³-hybridized carbons (Fsp3) is 0.154. The molecule has 0 aromatic carbocycles. The Kier molecular flexibility index (Phi) is 2.82. The van der Waals surface area contributed by atoms with Crippen molar-refractivity contribution < 1.29 is 4.79 Å². The molecule has 3 aromatic heterocycles. The van der Waals surface area contributed by atoms with Crippen LogP contribution in [0, 0.1) is 6.92 Å². The molecule has 0 aliphatic carbocycles. The molecule has 0 spiro atoms. The summed E-state index contributed by atoms with van der Waals surface area (Å²) < 4.78 is 1.78. The van der Waals surface area contributed by atoms with Gasteiger partial charge in [0.05, 0.1) is 16.7 Å². The predicted octanol–water partition coefficient (Wildman–Crippen LogP) is 4.05. The van der Waals surface area contributed by atoms with E-state index in [0.717, 1.165) is 16.6 Å². The van der Waals surface area contributed by atoms with Crippen molar-refractivity contribution in [2.75, 3.05) is 0 Å². The second kappa shape index (κ2) is 4.17. The molecule has 3 heterocycles. The van der Waals surface area contributed by atoms with Gasteiger partial charge in [0.15, 0.2) is 0 Å². The van der Waals surface area contributed by atoms with Crippen molar-refractivity contribution in [1.82, 2.24) is 8.80 Å². The molecule has 0 unspecified atom stereocenters. The SMILES string of the molecule is Cc1cc2c3ccc(C(=O)C(Cl)(Cl)Cl)n3ccn2c1. The molecule has 0 atom stereocenters. The fourth-order valence-corrected chi connectivity index (χ4v) is 2.52. The van der Waals surface area contributed by atoms with E-state index in [4.69, 9.17) is 34.8 Å². The van der Waals surface area contributed by atoms with Crippen molar-refractivity contribution in [2.45, 2.75) is 10.7 Å². The minimum absolute atomic E-state index is 0.358. The fourth-order valence-electron chi connectivity index (χ4n) is 2.23. The van der Waals surface area contributed by atoms with Gasteiger partial charge in [-0.1, -0.05) is 34.8 Å². The standard InChI is InChI=1S/C13H9Cl3N2O/c1-8-6-11-9-2-3-10(12(19)13(14,15)16)18(9)5-4-17(11)7-8/h2-7H,1H3. The maximum atomic E-state index is 12.1. The van der Waals surface area contributed by atoms with Crippen molar-refractivity contribution in [3.8, 4) is 0 Å². The number of carbonyl (C=O) groups excluding carboxylic acids is 1. The van der Waals surface area contributed by atoms with Crippen LogP contribution < -0.4 is 0 Å². The van der Waals surface area contributed by atoms with Crippen molar-refractivity contribution in [1.29, 1.82) is 0 Å². The van der Waals surface area contributed by atoms with Crippen LogP contribution in [0.2, 0.25) is 0 Å². The third-order valence-electron chi connectivity index (χ3n) is 3.03. The molecule has 6 heteroatoms. The molecule has 19 heavy (non-hydrogen) atoms. The van der Waals surface area contributed by atoms with Gasteiger partial charge < -0.3 is 8.80 Å². The highest BCUT2D eigenvalue weighted by atomic mass is 35.6. The van der Waals surface area contributed by atoms with E-state index in [-0.39, 0.29) is 0 Å². The smallest absolute Gasteiger partial charge is 0.255 e. The van der Waals surface area contributed by atoms with Crippen LogP contribution in [0.3, 0.4) is 0 Å². The van der Waals surface area contributed by atoms with Gasteiger partial charge in [-0.15, -0.1) is 0 Å². The zero-order chi connectivity index (χ0) is 13.8. The summed E-state index contributed by atoms with van der Waals surface area (Å²) in [5, 5.41) is 0. The number of aromatic nitrogens is 2. The lowest BCUT2D eigenvalue weighted by Gasteiger charge is -2.09. The van der Waals surface area contributed by atoms with Crippen molar-refractivity contribution in [2.24, 2.45) is 0 Å². The Morgan fingerprint density at radius 1 is 1.16 bits per heavy atom. The zero-order valence-electron chi connectivity index (χ0n) is 9.90. The highest BCUT2D eigenvalue weighted by molar-refractivity contribution is 6.77. The van der Waals surface area contributed by atoms with E-state index in [0.29, 0.717) is 5.69 Å². The van der Waals surface area contributed by atoms with Gasteiger partial charge in [-0.25, -0.2) is 0 Å². The average molecular weight is 316 g/mol. The summed E-state index contributed by atoms with van der Waals surface area (Å²) in [5.74, 6) is -0.537. The molecule has 0 saturated heterocycles. The third-order valence-corrected chi connectivity index (χ3v) is 3.55. The Hall–Kier alpha value is -1.16. The van der Waals surface area contributed by atoms with Crippen LogP contribution in [0.15, 0.2) is 36.8 Å². The summed E-state index contributed by atoms with van der Waals surface area (Å²) in [6.07, 6.45) is 5.66. The summed E-state index contributed by atoms with van der Waals surface area (Å²) in [6.45, 7) is 2.01. The first-order valence-corrected chi connectivity index (χ1v) is 6.71. The van der Waals surface area contributed by atoms with Gasteiger partial charge in [-0.3, -0.25) is 4.79 Å². The van der Waals surface area contributed by atoms with E-state index >= 15 is 0 Å². The number of halogens is 3. The molecule has 0 bridgehead atoms. The van der Waals surface area contributed by atoms with Crippen LogP contribution >= 0.6 is 34.8 Å². The molecule has 0 N–H and O–H groups in total. The number of fused-ring (bicyclic) bond motifs is 3. The Balaban J connectivity index is 2.30. The highest BCUT2D eigenvalue weighted by Crippen LogP contribution is 2.31. The molecule has 3 nitrogen and oxygen atoms in total. The quantitative estimate of drug-likeness (QED) is 0.491. The second-order valence-electron chi connectivity index (χ2n) is 4.41. The van der Waals surface area contributed by atoms with Crippen LogP contribution in [-0.4, -0.2) is 18.4 Å². The maximum absolute atomic E-state index is 12.1. The molecule has 3 aromatic rings. The molecule has 0 saturated carbocycles. The summed E-state index contributed by atoms with van der Waals surface area (Å²) in [6, 6.07) is 5.55. The van der Waals surface area contributed by atoms with E-state index in [9.17, 15) is 4.79 Å². The zero-order valence-corrected chi connectivity index (χ0v) is 12.2. The lowest BCUT2D eigenvalue weighted by Crippen LogP contribution is -2.20. The normalized spacial score (nSPS) is 12.4. The van der Waals surface area contributed by atoms with Crippen molar-refractivity contribution in [3.63, 3.8) is 0 Å². The molecular weight excluding hydrogens is 307 g/mol. The summed E-state index contributed by atoms with van der Waals surface area (Å²) in [7, 11) is 0. The number of alkyl halides is 3. The first-order chi connectivity index (χ1) is 8.88. The molecule has 3 rings (SSSR count). The Morgan fingerprint density at radius 3 is 2.58 bits per heavy atom. The topological polar surface area (TPSA) is 25.9 Å². The van der Waals surface area contributed by atoms with Crippen LogP contribution in [0.25, 0.3) is 11.0 Å². The van der Waals surface area contributed by atoms with Crippen LogP contribution in [0.5, 0.6) is 0 Å².